The molecule has 0 unspecified atom stereocenters. The van der Waals surface area contributed by atoms with Crippen LogP contribution < -0.4 is 11.1 Å². The van der Waals surface area contributed by atoms with Crippen molar-refractivity contribution in [1.29, 1.82) is 0 Å². The third kappa shape index (κ3) is 3.45. The second kappa shape index (κ2) is 6.19. The number of aromatic nitrogens is 3. The Kier molecular flexibility index (Phi) is 4.88. The number of hydrogen-bond acceptors (Lipinski definition) is 4. The van der Waals surface area contributed by atoms with Crippen molar-refractivity contribution in [3.63, 3.8) is 0 Å². The fourth-order valence-electron chi connectivity index (χ4n) is 1.58. The summed E-state index contributed by atoms with van der Waals surface area (Å²) in [6.45, 7) is 3.98. The molecule has 2 aromatic rings. The first kappa shape index (κ1) is 15.0. The molecule has 102 valence electrons. The zero-order valence-corrected chi connectivity index (χ0v) is 11.5. The van der Waals surface area contributed by atoms with E-state index in [1.165, 1.54) is 0 Å². The molecule has 2 aromatic heterocycles. The second-order valence-electron chi connectivity index (χ2n) is 4.16. The summed E-state index contributed by atoms with van der Waals surface area (Å²) in [5, 5.41) is 6.90. The lowest BCUT2D eigenvalue weighted by molar-refractivity contribution is 0.102. The molecule has 2 rings (SSSR count). The lowest BCUT2D eigenvalue weighted by atomic mass is 10.3. The molecule has 0 saturated carbocycles. The third-order valence-electron chi connectivity index (χ3n) is 2.40. The van der Waals surface area contributed by atoms with E-state index in [2.05, 4.69) is 15.4 Å². The SMILES string of the molecule is CC(C)n1nccc1NC(=O)c1cccc(N)n1.Cl. The molecule has 7 heteroatoms. The quantitative estimate of drug-likeness (QED) is 0.902. The maximum atomic E-state index is 12.0. The highest BCUT2D eigenvalue weighted by atomic mass is 35.5. The fraction of sp³-hybridized carbons (Fsp3) is 0.250. The van der Waals surface area contributed by atoms with Crippen LogP contribution in [0.1, 0.15) is 30.4 Å². The summed E-state index contributed by atoms with van der Waals surface area (Å²) in [6.07, 6.45) is 1.64. The number of carbonyl (C=O) groups is 1. The van der Waals surface area contributed by atoms with Gasteiger partial charge in [0.1, 0.15) is 17.3 Å². The van der Waals surface area contributed by atoms with Gasteiger partial charge in [-0.25, -0.2) is 9.67 Å². The minimum atomic E-state index is -0.301. The van der Waals surface area contributed by atoms with Crippen LogP contribution in [0.5, 0.6) is 0 Å². The highest BCUT2D eigenvalue weighted by Crippen LogP contribution is 2.14. The lowest BCUT2D eigenvalue weighted by Crippen LogP contribution is -2.18. The molecule has 0 atom stereocenters. The van der Waals surface area contributed by atoms with E-state index in [0.717, 1.165) is 0 Å². The summed E-state index contributed by atoms with van der Waals surface area (Å²) in [5.41, 5.74) is 5.82. The molecule has 0 aliphatic carbocycles. The topological polar surface area (TPSA) is 85.8 Å². The molecule has 3 N–H and O–H groups in total. The number of nitrogens with zero attached hydrogens (tertiary/aromatic N) is 3. The second-order valence-corrected chi connectivity index (χ2v) is 4.16. The molecular formula is C12H16ClN5O. The van der Waals surface area contributed by atoms with E-state index in [4.69, 9.17) is 5.73 Å². The molecule has 0 aliphatic heterocycles. The number of nitrogens with two attached hydrogens (primary N) is 1. The predicted molar refractivity (Wildman–Crippen MR) is 76.5 cm³/mol. The van der Waals surface area contributed by atoms with Crippen molar-refractivity contribution in [2.45, 2.75) is 19.9 Å². The minimum Gasteiger partial charge on any atom is -0.384 e. The molecule has 0 spiro atoms. The number of pyridine rings is 1. The Morgan fingerprint density at radius 2 is 2.11 bits per heavy atom. The van der Waals surface area contributed by atoms with Gasteiger partial charge in [-0.1, -0.05) is 6.07 Å². The van der Waals surface area contributed by atoms with E-state index in [9.17, 15) is 4.79 Å². The van der Waals surface area contributed by atoms with Gasteiger partial charge in [-0.2, -0.15) is 5.10 Å². The number of rotatable bonds is 3. The van der Waals surface area contributed by atoms with Gasteiger partial charge in [0.2, 0.25) is 0 Å². The van der Waals surface area contributed by atoms with Crippen LogP contribution in [0.3, 0.4) is 0 Å². The first-order valence-corrected chi connectivity index (χ1v) is 5.65. The molecule has 1 amide bonds. The highest BCUT2D eigenvalue weighted by molar-refractivity contribution is 6.02. The number of halogens is 1. The largest absolute Gasteiger partial charge is 0.384 e. The predicted octanol–water partition coefficient (Wildman–Crippen LogP) is 2.12. The summed E-state index contributed by atoms with van der Waals surface area (Å²) in [5.74, 6) is 0.656. The van der Waals surface area contributed by atoms with Gasteiger partial charge in [-0.05, 0) is 26.0 Å². The number of nitrogens with one attached hydrogen (secondary N) is 1. The van der Waals surface area contributed by atoms with E-state index in [0.29, 0.717) is 11.6 Å². The van der Waals surface area contributed by atoms with E-state index < -0.39 is 0 Å². The van der Waals surface area contributed by atoms with Gasteiger partial charge in [0, 0.05) is 12.1 Å². The molecule has 0 bridgehead atoms. The van der Waals surface area contributed by atoms with Gasteiger partial charge in [-0.15, -0.1) is 12.4 Å². The van der Waals surface area contributed by atoms with Gasteiger partial charge in [0.25, 0.3) is 5.91 Å². The zero-order valence-electron chi connectivity index (χ0n) is 10.7. The molecule has 0 radical (unpaired) electrons. The van der Waals surface area contributed by atoms with Crippen LogP contribution >= 0.6 is 12.4 Å². The first-order chi connectivity index (χ1) is 8.58. The van der Waals surface area contributed by atoms with Gasteiger partial charge in [0.15, 0.2) is 0 Å². The smallest absolute Gasteiger partial charge is 0.275 e. The minimum absolute atomic E-state index is 0. The molecule has 0 aromatic carbocycles. The Morgan fingerprint density at radius 1 is 1.37 bits per heavy atom. The average Bonchev–Trinajstić information content (AvgIpc) is 2.77. The van der Waals surface area contributed by atoms with Crippen LogP contribution in [-0.4, -0.2) is 20.7 Å². The highest BCUT2D eigenvalue weighted by Gasteiger charge is 2.12. The van der Waals surface area contributed by atoms with Crippen molar-refractivity contribution in [1.82, 2.24) is 14.8 Å². The van der Waals surface area contributed by atoms with Crippen molar-refractivity contribution < 1.29 is 4.79 Å². The maximum Gasteiger partial charge on any atom is 0.275 e. The molecule has 19 heavy (non-hydrogen) atoms. The Bertz CT molecular complexity index is 567. The molecule has 0 saturated heterocycles. The van der Waals surface area contributed by atoms with E-state index in [1.807, 2.05) is 13.8 Å². The molecule has 0 aliphatic rings. The number of nitrogen functional groups attached to an aromatic ring is 1. The summed E-state index contributed by atoms with van der Waals surface area (Å²) >= 11 is 0. The lowest BCUT2D eigenvalue weighted by Gasteiger charge is -2.11. The van der Waals surface area contributed by atoms with Crippen LogP contribution in [0.4, 0.5) is 11.6 Å². The van der Waals surface area contributed by atoms with Crippen LogP contribution in [0.15, 0.2) is 30.5 Å². The standard InChI is InChI=1S/C12H15N5O.ClH/c1-8(2)17-11(6-7-14-17)16-12(18)9-4-3-5-10(13)15-9;/h3-8H,1-2H3,(H2,13,15)(H,16,18);1H. The van der Waals surface area contributed by atoms with Gasteiger partial charge >= 0.3 is 0 Å². The Balaban J connectivity index is 0.00000180. The number of amides is 1. The maximum absolute atomic E-state index is 12.0. The normalized spacial score (nSPS) is 10.1. The van der Waals surface area contributed by atoms with E-state index in [-0.39, 0.29) is 30.0 Å². The van der Waals surface area contributed by atoms with Crippen LogP contribution in [0.2, 0.25) is 0 Å². The molecule has 0 fully saturated rings. The molecule has 2 heterocycles. The number of anilines is 2. The summed E-state index contributed by atoms with van der Waals surface area (Å²) in [4.78, 5) is 15.9. The fourth-order valence-corrected chi connectivity index (χ4v) is 1.58. The summed E-state index contributed by atoms with van der Waals surface area (Å²) < 4.78 is 1.73. The van der Waals surface area contributed by atoms with Crippen LogP contribution in [0.25, 0.3) is 0 Å². The zero-order chi connectivity index (χ0) is 13.1. The first-order valence-electron chi connectivity index (χ1n) is 5.65. The number of carbonyl (C=O) groups excluding carboxylic acids is 1. The molecule has 6 nitrogen and oxygen atoms in total. The molecular weight excluding hydrogens is 266 g/mol. The number of hydrogen-bond donors (Lipinski definition) is 2. The van der Waals surface area contributed by atoms with Gasteiger partial charge < -0.3 is 11.1 Å². The average molecular weight is 282 g/mol. The monoisotopic (exact) mass is 281 g/mol. The van der Waals surface area contributed by atoms with E-state index >= 15 is 0 Å². The van der Waals surface area contributed by atoms with Crippen molar-refractivity contribution in [3.8, 4) is 0 Å². The van der Waals surface area contributed by atoms with Crippen molar-refractivity contribution >= 4 is 29.9 Å². The van der Waals surface area contributed by atoms with Crippen molar-refractivity contribution in [2.24, 2.45) is 0 Å². The third-order valence-corrected chi connectivity index (χ3v) is 2.40. The van der Waals surface area contributed by atoms with Crippen molar-refractivity contribution in [2.75, 3.05) is 11.1 Å². The Labute approximate surface area is 117 Å². The van der Waals surface area contributed by atoms with Crippen LogP contribution in [-0.2, 0) is 0 Å². The van der Waals surface area contributed by atoms with Crippen molar-refractivity contribution in [3.05, 3.63) is 36.2 Å². The van der Waals surface area contributed by atoms with Gasteiger partial charge in [-0.3, -0.25) is 4.79 Å². The van der Waals surface area contributed by atoms with Crippen LogP contribution in [0, 0.1) is 0 Å². The Hall–Kier alpha value is -2.08. The Morgan fingerprint density at radius 3 is 2.74 bits per heavy atom. The summed E-state index contributed by atoms with van der Waals surface area (Å²) in [6, 6.07) is 6.85. The van der Waals surface area contributed by atoms with Gasteiger partial charge in [0.05, 0.1) is 6.20 Å². The summed E-state index contributed by atoms with van der Waals surface area (Å²) in [7, 11) is 0. The van der Waals surface area contributed by atoms with E-state index in [1.54, 1.807) is 35.1 Å².